The molecule has 4 N–H and O–H groups in total. The number of carbonyl (C=O) groups excluding carboxylic acids is 4. The lowest BCUT2D eigenvalue weighted by molar-refractivity contribution is 0.0000551. The van der Waals surface area contributed by atoms with Crippen molar-refractivity contribution < 1.29 is 28.7 Å². The molecule has 2 heterocycles. The van der Waals surface area contributed by atoms with Crippen molar-refractivity contribution in [1.29, 1.82) is 5.41 Å². The lowest BCUT2D eigenvalue weighted by Gasteiger charge is -2.25. The lowest BCUT2D eigenvalue weighted by atomic mass is 10.1. The molecule has 214 valence electrons. The second kappa shape index (κ2) is 12.9. The van der Waals surface area contributed by atoms with Gasteiger partial charge in [-0.25, -0.2) is 14.5 Å². The Morgan fingerprint density at radius 3 is 2.56 bits per heavy atom. The number of H-pyrrole nitrogens is 1. The van der Waals surface area contributed by atoms with Crippen LogP contribution < -0.4 is 15.5 Å². The van der Waals surface area contributed by atoms with Crippen LogP contribution in [0.25, 0.3) is 0 Å². The number of hydrogen-bond acceptors (Lipinski definition) is 8. The molecule has 0 aliphatic heterocycles. The Balaban J connectivity index is 1.62. The van der Waals surface area contributed by atoms with E-state index < -0.39 is 18.9 Å². The van der Waals surface area contributed by atoms with Crippen molar-refractivity contribution in [3.05, 3.63) is 82.4 Å². The second-order valence-corrected chi connectivity index (χ2v) is 9.59. The Bertz CT molecular complexity index is 1460. The number of ether oxygens (including phenoxy) is 2. The number of anilines is 1. The van der Waals surface area contributed by atoms with Gasteiger partial charge in [-0.15, -0.1) is 0 Å². The number of pyridine rings is 1. The molecule has 1 saturated carbocycles. The number of nitrogens with one attached hydrogen (secondary N) is 4. The van der Waals surface area contributed by atoms with E-state index in [1.165, 1.54) is 30.7 Å². The molecule has 12 nitrogen and oxygen atoms in total. The highest BCUT2D eigenvalue weighted by molar-refractivity contribution is 6.21. The third-order valence-corrected chi connectivity index (χ3v) is 6.46. The summed E-state index contributed by atoms with van der Waals surface area (Å²) in [7, 11) is 0. The molecule has 1 aromatic carbocycles. The van der Waals surface area contributed by atoms with E-state index in [2.05, 4.69) is 20.6 Å². The molecule has 3 amide bonds. The Morgan fingerprint density at radius 1 is 1.10 bits per heavy atom. The molecule has 2 aromatic heterocycles. The zero-order valence-electron chi connectivity index (χ0n) is 23.1. The van der Waals surface area contributed by atoms with Gasteiger partial charge in [0.05, 0.1) is 22.5 Å². The SMILES string of the molecule is CCCNC(=O)c1ccc(C)c(N(C(=N)c2[nH]cc(C(=O)NC3CC3)c2C)C(=O)OCOC(=O)c2cccnc2)c1. The zero-order valence-corrected chi connectivity index (χ0v) is 23.1. The van der Waals surface area contributed by atoms with Crippen LogP contribution in [0.2, 0.25) is 0 Å². The summed E-state index contributed by atoms with van der Waals surface area (Å²) in [5.41, 5.74) is 2.25. The molecule has 3 aromatic rings. The quantitative estimate of drug-likeness (QED) is 0.126. The maximum absolute atomic E-state index is 13.5. The molecule has 4 rings (SSSR count). The normalized spacial score (nSPS) is 12.3. The number of nitrogens with zero attached hydrogens (tertiary/aromatic N) is 2. The molecule has 0 unspecified atom stereocenters. The standard InChI is InChI=1S/C29H32N6O6/c1-4-11-32-26(36)19-8-7-17(2)23(13-19)35(29(39)41-16-40-28(38)20-6-5-12-31-14-20)25(30)24-18(3)22(15-33-24)27(37)34-21-9-10-21/h5-8,12-15,21,30,33H,4,9-11,16H2,1-3H3,(H,32,36)(H,34,37). The molecule has 0 atom stereocenters. The molecule has 0 saturated heterocycles. The average molecular weight is 561 g/mol. The first-order chi connectivity index (χ1) is 19.7. The first kappa shape index (κ1) is 29.0. The number of rotatable bonds is 10. The van der Waals surface area contributed by atoms with E-state index >= 15 is 0 Å². The summed E-state index contributed by atoms with van der Waals surface area (Å²) in [5, 5.41) is 14.7. The summed E-state index contributed by atoms with van der Waals surface area (Å²) in [6.07, 6.45) is 5.86. The number of amidine groups is 1. The predicted octanol–water partition coefficient (Wildman–Crippen LogP) is 3.84. The van der Waals surface area contributed by atoms with Crippen LogP contribution in [0.5, 0.6) is 0 Å². The van der Waals surface area contributed by atoms with Crippen LogP contribution in [-0.4, -0.2) is 59.1 Å². The van der Waals surface area contributed by atoms with Crippen molar-refractivity contribution in [1.82, 2.24) is 20.6 Å². The van der Waals surface area contributed by atoms with Gasteiger partial charge < -0.3 is 25.1 Å². The van der Waals surface area contributed by atoms with Gasteiger partial charge in [0.1, 0.15) is 0 Å². The summed E-state index contributed by atoms with van der Waals surface area (Å²) >= 11 is 0. The molecule has 41 heavy (non-hydrogen) atoms. The van der Waals surface area contributed by atoms with Crippen molar-refractivity contribution in [2.24, 2.45) is 0 Å². The van der Waals surface area contributed by atoms with E-state index in [9.17, 15) is 19.2 Å². The third-order valence-electron chi connectivity index (χ3n) is 6.46. The minimum absolute atomic E-state index is 0.143. The van der Waals surface area contributed by atoms with Crippen molar-refractivity contribution in [3.8, 4) is 0 Å². The number of benzene rings is 1. The van der Waals surface area contributed by atoms with E-state index in [4.69, 9.17) is 14.9 Å². The van der Waals surface area contributed by atoms with E-state index in [-0.39, 0.29) is 46.2 Å². The highest BCUT2D eigenvalue weighted by atomic mass is 16.7. The topological polar surface area (TPSA) is 167 Å². The van der Waals surface area contributed by atoms with Crippen LogP contribution in [0, 0.1) is 19.3 Å². The van der Waals surface area contributed by atoms with Crippen molar-refractivity contribution in [2.75, 3.05) is 18.2 Å². The van der Waals surface area contributed by atoms with Gasteiger partial charge in [0.2, 0.25) is 6.79 Å². The second-order valence-electron chi connectivity index (χ2n) is 9.59. The first-order valence-electron chi connectivity index (χ1n) is 13.2. The summed E-state index contributed by atoms with van der Waals surface area (Å²) < 4.78 is 10.3. The number of hydrogen-bond donors (Lipinski definition) is 4. The van der Waals surface area contributed by atoms with Crippen molar-refractivity contribution in [3.63, 3.8) is 0 Å². The van der Waals surface area contributed by atoms with Crippen molar-refractivity contribution >= 4 is 35.4 Å². The van der Waals surface area contributed by atoms with Crippen LogP contribution in [0.15, 0.2) is 48.9 Å². The van der Waals surface area contributed by atoms with E-state index in [0.29, 0.717) is 23.2 Å². The first-order valence-corrected chi connectivity index (χ1v) is 13.2. The van der Waals surface area contributed by atoms with Gasteiger partial charge in [-0.2, -0.15) is 0 Å². The molecule has 0 bridgehead atoms. The molecule has 0 spiro atoms. The Labute approximate surface area is 236 Å². The summed E-state index contributed by atoms with van der Waals surface area (Å²) in [5.74, 6) is -1.69. The number of amides is 3. The fraction of sp³-hybridized carbons (Fsp3) is 0.310. The van der Waals surface area contributed by atoms with Gasteiger partial charge in [0, 0.05) is 36.7 Å². The monoisotopic (exact) mass is 560 g/mol. The highest BCUT2D eigenvalue weighted by Gasteiger charge is 2.30. The third kappa shape index (κ3) is 6.96. The number of esters is 1. The van der Waals surface area contributed by atoms with Gasteiger partial charge >= 0.3 is 12.1 Å². The van der Waals surface area contributed by atoms with Crippen LogP contribution in [0.4, 0.5) is 10.5 Å². The zero-order chi connectivity index (χ0) is 29.5. The number of aryl methyl sites for hydroxylation is 1. The number of aromatic nitrogens is 2. The average Bonchev–Trinajstić information content (AvgIpc) is 3.70. The van der Waals surface area contributed by atoms with Crippen LogP contribution >= 0.6 is 0 Å². The molecule has 12 heteroatoms. The number of aromatic amines is 1. The minimum atomic E-state index is -1.03. The number of carbonyl (C=O) groups is 4. The van der Waals surface area contributed by atoms with Gasteiger partial charge in [-0.1, -0.05) is 13.0 Å². The Kier molecular flexibility index (Phi) is 9.12. The van der Waals surface area contributed by atoms with Crippen LogP contribution in [0.1, 0.15) is 74.1 Å². The molecule has 1 aliphatic carbocycles. The highest BCUT2D eigenvalue weighted by Crippen LogP contribution is 2.27. The van der Waals surface area contributed by atoms with Crippen LogP contribution in [-0.2, 0) is 9.47 Å². The summed E-state index contributed by atoms with van der Waals surface area (Å²) in [4.78, 5) is 58.9. The molecule has 1 fully saturated rings. The Morgan fingerprint density at radius 2 is 1.88 bits per heavy atom. The maximum Gasteiger partial charge on any atom is 0.423 e. The minimum Gasteiger partial charge on any atom is -0.424 e. The van der Waals surface area contributed by atoms with E-state index in [1.54, 1.807) is 32.0 Å². The fourth-order valence-corrected chi connectivity index (χ4v) is 3.99. The van der Waals surface area contributed by atoms with Gasteiger partial charge in [0.25, 0.3) is 11.8 Å². The van der Waals surface area contributed by atoms with Crippen molar-refractivity contribution in [2.45, 2.75) is 46.1 Å². The molecular weight excluding hydrogens is 528 g/mol. The lowest BCUT2D eigenvalue weighted by Crippen LogP contribution is -2.39. The fourth-order valence-electron chi connectivity index (χ4n) is 3.99. The largest absolute Gasteiger partial charge is 0.424 e. The van der Waals surface area contributed by atoms with Gasteiger partial charge in [-0.05, 0) is 68.5 Å². The predicted molar refractivity (Wildman–Crippen MR) is 150 cm³/mol. The smallest absolute Gasteiger partial charge is 0.423 e. The van der Waals surface area contributed by atoms with Gasteiger partial charge in [-0.3, -0.25) is 20.0 Å². The maximum atomic E-state index is 13.5. The summed E-state index contributed by atoms with van der Waals surface area (Å²) in [6, 6.07) is 7.97. The molecule has 1 aliphatic rings. The summed E-state index contributed by atoms with van der Waals surface area (Å²) in [6.45, 7) is 5.06. The van der Waals surface area contributed by atoms with E-state index in [0.717, 1.165) is 24.2 Å². The van der Waals surface area contributed by atoms with Gasteiger partial charge in [0.15, 0.2) is 5.84 Å². The van der Waals surface area contributed by atoms with Crippen LogP contribution in [0.3, 0.4) is 0 Å². The molecular formula is C29H32N6O6. The van der Waals surface area contributed by atoms with E-state index in [1.807, 2.05) is 6.92 Å². The Hall–Kier alpha value is -5.00. The molecule has 0 radical (unpaired) electrons.